The molecule has 58 valence electrons. The zero-order valence-corrected chi connectivity index (χ0v) is 6.20. The Bertz CT molecular complexity index is 380. The topological polar surface area (TPSA) is 40.5 Å². The Hall–Kier alpha value is -1.70. The van der Waals surface area contributed by atoms with Crippen LogP contribution in [0.1, 0.15) is 0 Å². The molecule has 2 aromatic rings. The van der Waals surface area contributed by atoms with E-state index in [9.17, 15) is 0 Å². The number of fused-ring (bicyclic) bond motifs is 1. The maximum absolute atomic E-state index is 9.07. The van der Waals surface area contributed by atoms with Gasteiger partial charge in [-0.15, -0.1) is 0 Å². The minimum atomic E-state index is 0.0987. The smallest absolute Gasteiger partial charge is 0.124 e. The van der Waals surface area contributed by atoms with Crippen molar-refractivity contribution in [2.75, 3.05) is 0 Å². The molecule has 0 aromatic heterocycles. The minimum absolute atomic E-state index is 0.0987. The third kappa shape index (κ3) is 1.07. The fourth-order valence-electron chi connectivity index (χ4n) is 1.08. The van der Waals surface area contributed by atoms with Crippen LogP contribution >= 0.6 is 0 Å². The van der Waals surface area contributed by atoms with Gasteiger partial charge in [-0.3, -0.25) is 0 Å². The van der Waals surface area contributed by atoms with E-state index in [0.717, 1.165) is 10.8 Å². The molecule has 0 amide bonds. The summed E-state index contributed by atoms with van der Waals surface area (Å²) in [6.07, 6.45) is 0. The molecule has 0 unspecified atom stereocenters. The SMILES string of the molecule is Oc1[c]c2ccc(O)[c]c2cc1. The van der Waals surface area contributed by atoms with Gasteiger partial charge in [-0.05, 0) is 35.0 Å². The summed E-state index contributed by atoms with van der Waals surface area (Å²) in [5.41, 5.74) is 0. The lowest BCUT2D eigenvalue weighted by Gasteiger charge is -1.97. The molecule has 2 aromatic carbocycles. The predicted molar refractivity (Wildman–Crippen MR) is 44.9 cm³/mol. The summed E-state index contributed by atoms with van der Waals surface area (Å²) in [5, 5.41) is 19.6. The Morgan fingerprint density at radius 3 is 1.58 bits per heavy atom. The standard InChI is InChI=1S/C10H6O2/c11-9-3-1-7-5-10(12)4-2-8(7)6-9/h1-4,11-12H. The average Bonchev–Trinajstić information content (AvgIpc) is 2.05. The van der Waals surface area contributed by atoms with Crippen LogP contribution in [0.3, 0.4) is 0 Å². The van der Waals surface area contributed by atoms with Crippen LogP contribution in [0.25, 0.3) is 10.8 Å². The quantitative estimate of drug-likeness (QED) is 0.614. The molecule has 0 saturated carbocycles. The van der Waals surface area contributed by atoms with Gasteiger partial charge in [0, 0.05) is 12.1 Å². The molecule has 0 fully saturated rings. The second kappa shape index (κ2) is 2.41. The molecule has 0 heterocycles. The molecule has 2 N–H and O–H groups in total. The van der Waals surface area contributed by atoms with Crippen molar-refractivity contribution in [1.29, 1.82) is 0 Å². The summed E-state index contributed by atoms with van der Waals surface area (Å²) in [7, 11) is 0. The summed E-state index contributed by atoms with van der Waals surface area (Å²) in [6, 6.07) is 11.8. The van der Waals surface area contributed by atoms with Crippen molar-refractivity contribution < 1.29 is 10.2 Å². The van der Waals surface area contributed by atoms with Gasteiger partial charge in [-0.2, -0.15) is 0 Å². The highest BCUT2D eigenvalue weighted by Gasteiger charge is 1.96. The van der Waals surface area contributed by atoms with E-state index in [2.05, 4.69) is 12.1 Å². The van der Waals surface area contributed by atoms with Crippen molar-refractivity contribution in [3.05, 3.63) is 36.4 Å². The van der Waals surface area contributed by atoms with E-state index < -0.39 is 0 Å². The fraction of sp³-hybridized carbons (Fsp3) is 0. The van der Waals surface area contributed by atoms with Gasteiger partial charge in [0.2, 0.25) is 0 Å². The molecule has 2 radical (unpaired) electrons. The first-order valence-electron chi connectivity index (χ1n) is 3.52. The Balaban J connectivity index is 2.79. The summed E-state index contributed by atoms with van der Waals surface area (Å²) in [5.74, 6) is 0.197. The predicted octanol–water partition coefficient (Wildman–Crippen LogP) is 1.85. The Labute approximate surface area is 69.7 Å². The first-order chi connectivity index (χ1) is 5.75. The summed E-state index contributed by atoms with van der Waals surface area (Å²) in [6.45, 7) is 0. The normalized spacial score (nSPS) is 10.3. The molecule has 0 atom stereocenters. The number of phenols is 2. The lowest BCUT2D eigenvalue weighted by Crippen LogP contribution is -1.73. The van der Waals surface area contributed by atoms with E-state index in [1.807, 2.05) is 0 Å². The molecule has 0 aliphatic rings. The Morgan fingerprint density at radius 2 is 1.17 bits per heavy atom. The zero-order chi connectivity index (χ0) is 8.55. The van der Waals surface area contributed by atoms with Crippen molar-refractivity contribution in [2.24, 2.45) is 0 Å². The second-order valence-corrected chi connectivity index (χ2v) is 2.51. The van der Waals surface area contributed by atoms with Crippen molar-refractivity contribution in [1.82, 2.24) is 0 Å². The van der Waals surface area contributed by atoms with E-state index in [0.29, 0.717) is 0 Å². The minimum Gasteiger partial charge on any atom is -0.507 e. The van der Waals surface area contributed by atoms with Crippen molar-refractivity contribution >= 4 is 10.8 Å². The molecule has 0 aliphatic heterocycles. The molecule has 0 spiro atoms. The van der Waals surface area contributed by atoms with E-state index in [1.165, 1.54) is 12.1 Å². The van der Waals surface area contributed by atoms with Crippen molar-refractivity contribution in [3.63, 3.8) is 0 Å². The highest BCUT2D eigenvalue weighted by Crippen LogP contribution is 2.21. The van der Waals surface area contributed by atoms with Crippen LogP contribution in [-0.2, 0) is 0 Å². The number of phenolic OH excluding ortho intramolecular Hbond substituents is 2. The molecular weight excluding hydrogens is 152 g/mol. The highest BCUT2D eigenvalue weighted by atomic mass is 16.3. The summed E-state index contributed by atoms with van der Waals surface area (Å²) in [4.78, 5) is 0. The molecule has 2 rings (SSSR count). The molecule has 0 aliphatic carbocycles. The molecular formula is C10H6O2. The lowest BCUT2D eigenvalue weighted by molar-refractivity contribution is 0.473. The van der Waals surface area contributed by atoms with Crippen LogP contribution in [0.5, 0.6) is 11.5 Å². The van der Waals surface area contributed by atoms with Crippen molar-refractivity contribution in [3.8, 4) is 11.5 Å². The second-order valence-electron chi connectivity index (χ2n) is 2.51. The van der Waals surface area contributed by atoms with Crippen LogP contribution in [0.4, 0.5) is 0 Å². The largest absolute Gasteiger partial charge is 0.507 e. The van der Waals surface area contributed by atoms with E-state index in [-0.39, 0.29) is 11.5 Å². The molecule has 2 nitrogen and oxygen atoms in total. The van der Waals surface area contributed by atoms with Gasteiger partial charge < -0.3 is 10.2 Å². The molecule has 0 saturated heterocycles. The van der Waals surface area contributed by atoms with E-state index in [1.54, 1.807) is 12.1 Å². The summed E-state index contributed by atoms with van der Waals surface area (Å²) >= 11 is 0. The number of benzene rings is 2. The third-order valence-electron chi connectivity index (χ3n) is 1.63. The van der Waals surface area contributed by atoms with Gasteiger partial charge in [-0.25, -0.2) is 0 Å². The zero-order valence-electron chi connectivity index (χ0n) is 6.20. The van der Waals surface area contributed by atoms with Crippen LogP contribution in [0, 0.1) is 12.1 Å². The fourth-order valence-corrected chi connectivity index (χ4v) is 1.08. The van der Waals surface area contributed by atoms with Gasteiger partial charge in [0.15, 0.2) is 0 Å². The maximum atomic E-state index is 9.07. The van der Waals surface area contributed by atoms with E-state index >= 15 is 0 Å². The Morgan fingerprint density at radius 1 is 0.750 bits per heavy atom. The maximum Gasteiger partial charge on any atom is 0.124 e. The van der Waals surface area contributed by atoms with Crippen LogP contribution < -0.4 is 0 Å². The van der Waals surface area contributed by atoms with Gasteiger partial charge in [0.1, 0.15) is 11.5 Å². The van der Waals surface area contributed by atoms with Crippen LogP contribution in [-0.4, -0.2) is 10.2 Å². The van der Waals surface area contributed by atoms with Gasteiger partial charge in [0.25, 0.3) is 0 Å². The number of aromatic hydroxyl groups is 2. The first kappa shape index (κ1) is 6.98. The number of hydrogen-bond acceptors (Lipinski definition) is 2. The number of hydrogen-bond donors (Lipinski definition) is 2. The van der Waals surface area contributed by atoms with Gasteiger partial charge in [0.05, 0.1) is 0 Å². The van der Waals surface area contributed by atoms with Gasteiger partial charge >= 0.3 is 0 Å². The Kier molecular flexibility index (Phi) is 1.40. The highest BCUT2D eigenvalue weighted by molar-refractivity contribution is 5.83. The summed E-state index contributed by atoms with van der Waals surface area (Å²) < 4.78 is 0. The van der Waals surface area contributed by atoms with Crippen molar-refractivity contribution in [2.45, 2.75) is 0 Å². The van der Waals surface area contributed by atoms with Gasteiger partial charge in [-0.1, -0.05) is 0 Å². The number of rotatable bonds is 0. The first-order valence-corrected chi connectivity index (χ1v) is 3.52. The average molecular weight is 158 g/mol. The van der Waals surface area contributed by atoms with E-state index in [4.69, 9.17) is 10.2 Å². The van der Waals surface area contributed by atoms with Crippen LogP contribution in [0.15, 0.2) is 24.3 Å². The molecule has 2 heteroatoms. The third-order valence-corrected chi connectivity index (χ3v) is 1.63. The lowest BCUT2D eigenvalue weighted by atomic mass is 10.1. The monoisotopic (exact) mass is 158 g/mol. The van der Waals surface area contributed by atoms with Crippen LogP contribution in [0.2, 0.25) is 0 Å². The molecule has 0 bridgehead atoms. The molecule has 12 heavy (non-hydrogen) atoms.